The van der Waals surface area contributed by atoms with E-state index in [1.807, 2.05) is 45.9 Å². The molecule has 0 saturated carbocycles. The summed E-state index contributed by atoms with van der Waals surface area (Å²) in [6.07, 6.45) is 1.94. The summed E-state index contributed by atoms with van der Waals surface area (Å²) in [6, 6.07) is 10.2. The fourth-order valence-electron chi connectivity index (χ4n) is 5.17. The van der Waals surface area contributed by atoms with E-state index in [9.17, 15) is 4.79 Å². The third-order valence-electron chi connectivity index (χ3n) is 6.87. The van der Waals surface area contributed by atoms with Crippen LogP contribution < -0.4 is 26.0 Å². The highest BCUT2D eigenvalue weighted by molar-refractivity contribution is 6.29. The van der Waals surface area contributed by atoms with Crippen molar-refractivity contribution in [1.29, 1.82) is 0 Å². The van der Waals surface area contributed by atoms with Crippen molar-refractivity contribution in [3.8, 4) is 22.8 Å². The molecule has 1 aromatic heterocycles. The number of methoxy groups -OCH3 is 2. The second-order valence-corrected chi connectivity index (χ2v) is 10.3. The second-order valence-electron chi connectivity index (χ2n) is 10.3. The van der Waals surface area contributed by atoms with Crippen LogP contribution in [-0.2, 0) is 19.5 Å². The molecule has 3 aromatic rings. The molecule has 0 unspecified atom stereocenters. The number of benzene rings is 2. The number of hydrogen-bond donors (Lipinski definition) is 2. The first-order valence-electron chi connectivity index (χ1n) is 13.4. The average Bonchev–Trinajstić information content (AvgIpc) is 2.90. The van der Waals surface area contributed by atoms with Gasteiger partial charge < -0.3 is 20.0 Å². The summed E-state index contributed by atoms with van der Waals surface area (Å²) in [6.45, 7) is 11.2. The van der Waals surface area contributed by atoms with Crippen LogP contribution in [0.5, 0.6) is 11.5 Å². The Kier molecular flexibility index (Phi) is 8.77. The molecule has 0 amide bonds. The van der Waals surface area contributed by atoms with Crippen LogP contribution in [0.3, 0.4) is 0 Å². The van der Waals surface area contributed by atoms with Gasteiger partial charge in [-0.15, -0.1) is 0 Å². The average molecular weight is 547 g/mol. The largest absolute Gasteiger partial charge is 0.493 e. The van der Waals surface area contributed by atoms with Crippen LogP contribution in [0.4, 0.5) is 5.69 Å². The molecule has 4 rings (SSSR count). The van der Waals surface area contributed by atoms with Crippen LogP contribution in [0.15, 0.2) is 50.3 Å². The van der Waals surface area contributed by atoms with E-state index in [1.54, 1.807) is 23.4 Å². The quantitative estimate of drug-likeness (QED) is 0.192. The Bertz CT molecular complexity index is 1570. The molecule has 2 aromatic carbocycles. The Labute approximate surface area is 234 Å². The zero-order valence-electron chi connectivity index (χ0n) is 24.3. The number of rotatable bonds is 8. The number of fused-ring (bicyclic) bond motifs is 3. The van der Waals surface area contributed by atoms with Crippen LogP contribution in [-0.4, -0.2) is 53.2 Å². The number of nitrogens with zero attached hydrogens (tertiary/aromatic N) is 5. The van der Waals surface area contributed by atoms with Crippen molar-refractivity contribution in [1.82, 2.24) is 14.5 Å². The van der Waals surface area contributed by atoms with Crippen molar-refractivity contribution >= 4 is 17.7 Å². The van der Waals surface area contributed by atoms with E-state index in [1.165, 1.54) is 6.21 Å². The summed E-state index contributed by atoms with van der Waals surface area (Å²) in [5, 5.41) is 15.3. The van der Waals surface area contributed by atoms with Crippen molar-refractivity contribution < 1.29 is 14.7 Å². The van der Waals surface area contributed by atoms with Crippen LogP contribution in [0, 0.1) is 20.8 Å². The number of ether oxygens (including phenoxy) is 2. The fraction of sp³-hybridized carbons (Fsp3) is 0.400. The Hall–Kier alpha value is -4.34. The minimum Gasteiger partial charge on any atom is -0.493 e. The first-order chi connectivity index (χ1) is 19.2. The summed E-state index contributed by atoms with van der Waals surface area (Å²) < 4.78 is 14.5. The van der Waals surface area contributed by atoms with Crippen LogP contribution in [0.2, 0.25) is 0 Å². The molecule has 0 saturated heterocycles. The Morgan fingerprint density at radius 3 is 2.38 bits per heavy atom. The maximum Gasteiger partial charge on any atom is 0.330 e. The first kappa shape index (κ1) is 28.7. The highest BCUT2D eigenvalue weighted by Gasteiger charge is 2.22. The summed E-state index contributed by atoms with van der Waals surface area (Å²) in [5.41, 5.74) is 7.23. The topological polar surface area (TPSA) is 115 Å². The summed E-state index contributed by atoms with van der Waals surface area (Å²) >= 11 is 0. The van der Waals surface area contributed by atoms with Gasteiger partial charge in [0, 0.05) is 30.8 Å². The molecule has 0 spiro atoms. The number of amidine groups is 1. The van der Waals surface area contributed by atoms with Crippen LogP contribution >= 0.6 is 0 Å². The number of aryl methyl sites for hydroxylation is 4. The lowest BCUT2D eigenvalue weighted by atomic mass is 9.97. The summed E-state index contributed by atoms with van der Waals surface area (Å²) in [4.78, 5) is 23.6. The molecule has 0 fully saturated rings. The lowest BCUT2D eigenvalue weighted by molar-refractivity contribution is 0.322. The van der Waals surface area contributed by atoms with Gasteiger partial charge in [-0.05, 0) is 69.9 Å². The third kappa shape index (κ3) is 5.95. The molecule has 0 bridgehead atoms. The fourth-order valence-corrected chi connectivity index (χ4v) is 5.17. The molecule has 2 N–H and O–H groups in total. The van der Waals surface area contributed by atoms with E-state index in [-0.39, 0.29) is 18.3 Å². The van der Waals surface area contributed by atoms with Gasteiger partial charge in [0.25, 0.3) is 0 Å². The summed E-state index contributed by atoms with van der Waals surface area (Å²) in [7, 11) is 3.22. The molecule has 2 heterocycles. The highest BCUT2D eigenvalue weighted by Crippen LogP contribution is 2.37. The molecular formula is C30H38N6O4. The Morgan fingerprint density at radius 2 is 1.75 bits per heavy atom. The maximum absolute atomic E-state index is 14.0. The van der Waals surface area contributed by atoms with Gasteiger partial charge in [0.05, 0.1) is 32.1 Å². The molecule has 40 heavy (non-hydrogen) atoms. The third-order valence-corrected chi connectivity index (χ3v) is 6.87. The number of hydrogen-bond acceptors (Lipinski definition) is 7. The minimum atomic E-state index is -0.163. The van der Waals surface area contributed by atoms with Crippen LogP contribution in [0.1, 0.15) is 36.1 Å². The molecular weight excluding hydrogens is 508 g/mol. The van der Waals surface area contributed by atoms with Gasteiger partial charge in [0.15, 0.2) is 11.5 Å². The van der Waals surface area contributed by atoms with Gasteiger partial charge >= 0.3 is 5.69 Å². The first-order valence-corrected chi connectivity index (χ1v) is 13.4. The monoisotopic (exact) mass is 546 g/mol. The van der Waals surface area contributed by atoms with Crippen LogP contribution in [0.25, 0.3) is 11.3 Å². The lowest BCUT2D eigenvalue weighted by Crippen LogP contribution is -2.42. The van der Waals surface area contributed by atoms with E-state index in [4.69, 9.17) is 19.7 Å². The zero-order chi connectivity index (χ0) is 29.0. The van der Waals surface area contributed by atoms with E-state index >= 15 is 0 Å². The molecule has 0 radical (unpaired) electrons. The Morgan fingerprint density at radius 1 is 1.07 bits per heavy atom. The van der Waals surface area contributed by atoms with Crippen molar-refractivity contribution in [2.45, 2.75) is 60.2 Å². The number of nitrogens with one attached hydrogen (secondary N) is 1. The van der Waals surface area contributed by atoms with Gasteiger partial charge in [-0.1, -0.05) is 22.9 Å². The number of aliphatic imine (C=N–C) groups is 1. The van der Waals surface area contributed by atoms with Gasteiger partial charge in [-0.3, -0.25) is 14.1 Å². The smallest absolute Gasteiger partial charge is 0.330 e. The predicted molar refractivity (Wildman–Crippen MR) is 158 cm³/mol. The zero-order valence-corrected chi connectivity index (χ0v) is 24.3. The van der Waals surface area contributed by atoms with Gasteiger partial charge in [-0.25, -0.2) is 9.79 Å². The van der Waals surface area contributed by atoms with E-state index in [0.29, 0.717) is 42.3 Å². The SMILES string of the molecule is COc1cc2c(cc1OC)-c1cc(=Nc3c(C)cc(C)cc3C)n(CCN=C(C=NO)NC(C)C)c(=O)n1CC2. The Balaban J connectivity index is 1.92. The predicted octanol–water partition coefficient (Wildman–Crippen LogP) is 3.90. The van der Waals surface area contributed by atoms with Gasteiger partial charge in [-0.2, -0.15) is 0 Å². The summed E-state index contributed by atoms with van der Waals surface area (Å²) in [5.74, 6) is 1.71. The standard InChI is InChI=1S/C30H38N6O4/c1-18(2)33-27(17-32-38)31-9-11-36-28(34-29-20(4)12-19(3)13-21(29)5)16-24-23-15-26(40-7)25(39-6)14-22(23)8-10-35(24)30(36)37/h12-18,38H,8-11H2,1-7H3,(H,31,33). The maximum atomic E-state index is 14.0. The highest BCUT2D eigenvalue weighted by atomic mass is 16.5. The number of oxime groups is 1. The van der Waals surface area contributed by atoms with Crippen molar-refractivity contribution in [3.05, 3.63) is 68.6 Å². The minimum absolute atomic E-state index is 0.104. The molecule has 0 atom stereocenters. The van der Waals surface area contributed by atoms with E-state index in [2.05, 4.69) is 34.5 Å². The van der Waals surface area contributed by atoms with E-state index in [0.717, 1.165) is 39.2 Å². The molecule has 10 nitrogen and oxygen atoms in total. The molecule has 10 heteroatoms. The van der Waals surface area contributed by atoms with Crippen molar-refractivity contribution in [2.24, 2.45) is 15.1 Å². The van der Waals surface area contributed by atoms with E-state index < -0.39 is 0 Å². The molecule has 1 aliphatic heterocycles. The molecule has 1 aliphatic rings. The van der Waals surface area contributed by atoms with Crippen molar-refractivity contribution in [2.75, 3.05) is 20.8 Å². The lowest BCUT2D eigenvalue weighted by Gasteiger charge is -2.24. The molecule has 212 valence electrons. The normalized spacial score (nSPS) is 13.5. The van der Waals surface area contributed by atoms with Crippen molar-refractivity contribution in [3.63, 3.8) is 0 Å². The second kappa shape index (κ2) is 12.2. The molecule has 0 aliphatic carbocycles. The van der Waals surface area contributed by atoms with Gasteiger partial charge in [0.1, 0.15) is 17.5 Å². The van der Waals surface area contributed by atoms with Gasteiger partial charge in [0.2, 0.25) is 0 Å². The number of aromatic nitrogens is 2.